The van der Waals surface area contributed by atoms with Gasteiger partial charge in [-0.2, -0.15) is 0 Å². The summed E-state index contributed by atoms with van der Waals surface area (Å²) in [4.78, 5) is 12.6. The fourth-order valence-corrected chi connectivity index (χ4v) is 12.5. The molecule has 0 aromatic heterocycles. The van der Waals surface area contributed by atoms with Crippen molar-refractivity contribution < 1.29 is 69.7 Å². The topological polar surface area (TPSA) is 236 Å². The quantitative estimate of drug-likeness (QED) is 0.134. The molecule has 0 aromatic rings. The van der Waals surface area contributed by atoms with Crippen molar-refractivity contribution in [1.29, 1.82) is 0 Å². The first-order valence-corrected chi connectivity index (χ1v) is 20.9. The minimum Gasteiger partial charge on any atom is -0.394 e. The molecule has 2 aliphatic heterocycles. The zero-order chi connectivity index (χ0) is 41.5. The van der Waals surface area contributed by atoms with Crippen LogP contribution in [-0.2, 0) is 23.7 Å². The van der Waals surface area contributed by atoms with Crippen molar-refractivity contribution in [1.82, 2.24) is 0 Å². The van der Waals surface area contributed by atoms with Crippen molar-refractivity contribution in [3.63, 3.8) is 0 Å². The largest absolute Gasteiger partial charge is 0.394 e. The van der Waals surface area contributed by atoms with Crippen LogP contribution in [0.4, 0.5) is 0 Å². The van der Waals surface area contributed by atoms with Gasteiger partial charge in [-0.1, -0.05) is 53.2 Å². The summed E-state index contributed by atoms with van der Waals surface area (Å²) in [6, 6.07) is 0. The van der Waals surface area contributed by atoms with E-state index in [1.54, 1.807) is 13.8 Å². The highest BCUT2D eigenvalue weighted by Crippen LogP contribution is 2.75. The van der Waals surface area contributed by atoms with Crippen LogP contribution in [-0.4, -0.2) is 144 Å². The van der Waals surface area contributed by atoms with Gasteiger partial charge in [0.2, 0.25) is 0 Å². The van der Waals surface area contributed by atoms with E-state index in [2.05, 4.69) is 47.6 Å². The Morgan fingerprint density at radius 3 is 2.09 bits per heavy atom. The second-order valence-corrected chi connectivity index (χ2v) is 20.0. The molecule has 0 amide bonds. The lowest BCUT2D eigenvalue weighted by molar-refractivity contribution is -0.340. The normalized spacial score (nSPS) is 49.7. The van der Waals surface area contributed by atoms with E-state index in [1.165, 1.54) is 5.57 Å². The molecule has 0 aromatic carbocycles. The van der Waals surface area contributed by atoms with E-state index in [9.17, 15) is 50.8 Å². The first-order chi connectivity index (χ1) is 25.9. The van der Waals surface area contributed by atoms with Gasteiger partial charge in [0.1, 0.15) is 54.4 Å². The van der Waals surface area contributed by atoms with Crippen molar-refractivity contribution in [2.45, 2.75) is 186 Å². The lowest BCUT2D eigenvalue weighted by Gasteiger charge is -2.67. The van der Waals surface area contributed by atoms with Crippen LogP contribution in [0.15, 0.2) is 11.6 Å². The Kier molecular flexibility index (Phi) is 12.5. The molecule has 9 N–H and O–H groups in total. The van der Waals surface area contributed by atoms with Crippen molar-refractivity contribution in [3.8, 4) is 0 Å². The van der Waals surface area contributed by atoms with E-state index in [4.69, 9.17) is 18.9 Å². The van der Waals surface area contributed by atoms with Crippen LogP contribution in [0, 0.1) is 45.3 Å². The molecule has 2 saturated heterocycles. The third-order valence-electron chi connectivity index (χ3n) is 16.4. The number of aliphatic hydroxyl groups excluding tert-OH is 8. The number of carbonyl (C=O) groups is 1. The summed E-state index contributed by atoms with van der Waals surface area (Å²) in [6.07, 6.45) is -7.75. The fourth-order valence-electron chi connectivity index (χ4n) is 12.5. The van der Waals surface area contributed by atoms with Gasteiger partial charge in [0.05, 0.1) is 25.4 Å². The average Bonchev–Trinajstić information content (AvgIpc) is 3.40. The van der Waals surface area contributed by atoms with E-state index in [1.807, 2.05) is 0 Å². The second kappa shape index (κ2) is 15.7. The number of aliphatic hydroxyl groups is 9. The maximum Gasteiger partial charge on any atom is 0.187 e. The van der Waals surface area contributed by atoms with Crippen molar-refractivity contribution >= 4 is 5.78 Å². The number of ketones is 1. The van der Waals surface area contributed by atoms with Crippen molar-refractivity contribution in [3.05, 3.63) is 11.6 Å². The van der Waals surface area contributed by atoms with E-state index in [-0.39, 0.29) is 34.4 Å². The Balaban J connectivity index is 1.16. The maximum absolute atomic E-state index is 12.6. The standard InChI is InChI=1S/C42H70O14/c1-20(9-13-27(44)39(4,5)52)21-15-16-40(6)26-12-10-22-23(42(26,8)28(45)17-41(21,40)7)11-14-29(38(22,2)3)56-37-35(51)33(49)31(47)25(55-37)19-53-36-34(50)32(48)30(46)24(18-43)54-36/h10,20-21,23-26,28-37,43,45-52H,9,11-19H2,1-8H3/t20-,21-,23-,24-,25-,26?,28-,29+,30-,31-,32+,33+,34-,35-,36-,37+,40+,41-,42+/m1/s1. The van der Waals surface area contributed by atoms with Crippen LogP contribution in [0.25, 0.3) is 0 Å². The molecule has 5 fully saturated rings. The Labute approximate surface area is 331 Å². The summed E-state index contributed by atoms with van der Waals surface area (Å²) in [5.41, 5.74) is -1.26. The molecule has 3 saturated carbocycles. The number of ether oxygens (including phenoxy) is 4. The smallest absolute Gasteiger partial charge is 0.187 e. The lowest BCUT2D eigenvalue weighted by atomic mass is 9.38. The third kappa shape index (κ3) is 7.17. The van der Waals surface area contributed by atoms with Gasteiger partial charge in [-0.05, 0) is 93.3 Å². The van der Waals surface area contributed by atoms with Gasteiger partial charge in [-0.15, -0.1) is 0 Å². The molecule has 322 valence electrons. The molecule has 4 aliphatic carbocycles. The number of fused-ring (bicyclic) bond motifs is 5. The summed E-state index contributed by atoms with van der Waals surface area (Å²) >= 11 is 0. The Morgan fingerprint density at radius 1 is 0.857 bits per heavy atom. The Bertz CT molecular complexity index is 1450. The van der Waals surface area contributed by atoms with Gasteiger partial charge in [0.15, 0.2) is 18.4 Å². The van der Waals surface area contributed by atoms with E-state index < -0.39 is 103 Å². The van der Waals surface area contributed by atoms with Gasteiger partial charge < -0.3 is 64.9 Å². The fraction of sp³-hybridized carbons (Fsp3) is 0.929. The lowest BCUT2D eigenvalue weighted by Crippen LogP contribution is -2.65. The molecule has 14 heteroatoms. The highest BCUT2D eigenvalue weighted by atomic mass is 16.7. The van der Waals surface area contributed by atoms with Crippen LogP contribution < -0.4 is 0 Å². The minimum absolute atomic E-state index is 0.0383. The monoisotopic (exact) mass is 798 g/mol. The highest BCUT2D eigenvalue weighted by Gasteiger charge is 2.70. The predicted molar refractivity (Wildman–Crippen MR) is 201 cm³/mol. The molecule has 6 aliphatic rings. The maximum atomic E-state index is 12.6. The third-order valence-corrected chi connectivity index (χ3v) is 16.4. The molecule has 1 unspecified atom stereocenters. The number of rotatable bonds is 11. The SMILES string of the molecule is C[C@H](CCC(=O)C(C)(C)O)[C@H]1CC[C@@]2(C)C3CC=C4[C@@H](CC[C@H](O[C@@H]5O[C@H](CO[C@@H]6O[C@H](CO)[C@@H](O)[C@H](O)[C@H]6O)[C@@H](O)[C@H](O)[C@H]5O)C4(C)C)[C@]3(C)[C@H](O)C[C@]12C. The predicted octanol–water partition coefficient (Wildman–Crippen LogP) is 1.33. The second-order valence-electron chi connectivity index (χ2n) is 20.0. The molecule has 0 spiro atoms. The molecule has 2 heterocycles. The molecular formula is C42H70O14. The zero-order valence-electron chi connectivity index (χ0n) is 34.5. The molecule has 14 nitrogen and oxygen atoms in total. The van der Waals surface area contributed by atoms with Crippen LogP contribution in [0.5, 0.6) is 0 Å². The summed E-state index contributed by atoms with van der Waals surface area (Å²) in [6.45, 7) is 15.5. The van der Waals surface area contributed by atoms with Gasteiger partial charge in [0.25, 0.3) is 0 Å². The number of Topliss-reactive ketones (excluding diaryl/α,β-unsaturated/α-hetero) is 1. The van der Waals surface area contributed by atoms with Gasteiger partial charge in [-0.25, -0.2) is 0 Å². The van der Waals surface area contributed by atoms with Crippen LogP contribution in [0.2, 0.25) is 0 Å². The number of carbonyl (C=O) groups excluding carboxylic acids is 1. The Morgan fingerprint density at radius 2 is 1.46 bits per heavy atom. The molecular weight excluding hydrogens is 728 g/mol. The number of hydrogen-bond donors (Lipinski definition) is 9. The summed E-state index contributed by atoms with van der Waals surface area (Å²) in [7, 11) is 0. The van der Waals surface area contributed by atoms with Crippen molar-refractivity contribution in [2.24, 2.45) is 45.3 Å². The van der Waals surface area contributed by atoms with E-state index in [0.29, 0.717) is 31.6 Å². The molecule has 56 heavy (non-hydrogen) atoms. The molecule has 0 radical (unpaired) electrons. The summed E-state index contributed by atoms with van der Waals surface area (Å²) in [5.74, 6) is 0.775. The first kappa shape index (κ1) is 44.4. The molecule has 6 rings (SSSR count). The number of hydrogen-bond acceptors (Lipinski definition) is 14. The van der Waals surface area contributed by atoms with Crippen LogP contribution in [0.3, 0.4) is 0 Å². The van der Waals surface area contributed by atoms with Crippen LogP contribution >= 0.6 is 0 Å². The Hall–Kier alpha value is -1.11. The van der Waals surface area contributed by atoms with E-state index in [0.717, 1.165) is 25.7 Å². The van der Waals surface area contributed by atoms with Crippen LogP contribution in [0.1, 0.15) is 107 Å². The molecule has 0 bridgehead atoms. The zero-order valence-corrected chi connectivity index (χ0v) is 34.5. The average molecular weight is 799 g/mol. The number of allylic oxidation sites excluding steroid dienone is 1. The highest BCUT2D eigenvalue weighted by molar-refractivity contribution is 5.86. The molecule has 19 atom stereocenters. The first-order valence-electron chi connectivity index (χ1n) is 20.9. The van der Waals surface area contributed by atoms with Gasteiger partial charge >= 0.3 is 0 Å². The van der Waals surface area contributed by atoms with Gasteiger partial charge in [-0.3, -0.25) is 4.79 Å². The summed E-state index contributed by atoms with van der Waals surface area (Å²) in [5, 5.41) is 95.5. The van der Waals surface area contributed by atoms with Gasteiger partial charge in [0, 0.05) is 17.3 Å². The summed E-state index contributed by atoms with van der Waals surface area (Å²) < 4.78 is 23.5. The van der Waals surface area contributed by atoms with Crippen molar-refractivity contribution in [2.75, 3.05) is 13.2 Å². The van der Waals surface area contributed by atoms with E-state index >= 15 is 0 Å². The minimum atomic E-state index is -1.67.